The van der Waals surface area contributed by atoms with Crippen LogP contribution in [0.4, 0.5) is 0 Å². The Hall–Kier alpha value is -3.20. The van der Waals surface area contributed by atoms with Gasteiger partial charge in [-0.05, 0) is 29.8 Å². The predicted molar refractivity (Wildman–Crippen MR) is 104 cm³/mol. The van der Waals surface area contributed by atoms with Crippen LogP contribution in [-0.2, 0) is 21.4 Å². The summed E-state index contributed by atoms with van der Waals surface area (Å²) in [5.74, 6) is -0.110. The number of carbonyl (C=O) groups is 2. The van der Waals surface area contributed by atoms with Crippen LogP contribution in [0.5, 0.6) is 0 Å². The van der Waals surface area contributed by atoms with Crippen LogP contribution in [0.25, 0.3) is 0 Å². The third kappa shape index (κ3) is 4.37. The van der Waals surface area contributed by atoms with Gasteiger partial charge in [0.2, 0.25) is 5.91 Å². The largest absolute Gasteiger partial charge is 0.355 e. The van der Waals surface area contributed by atoms with Crippen LogP contribution in [0.2, 0.25) is 0 Å². The molecule has 2 amide bonds. The van der Waals surface area contributed by atoms with Crippen LogP contribution >= 0.6 is 0 Å². The standard InChI is InChI=1S/C19H20N4O4S/c1-20-19(25)14-8-6-13(7-9-14)12-22-17(24)10-11-21-18-15-4-2-3-5-16(15)28(26,27)23-18/h2-9H,10-12H2,1H3,(H,20,25)(H,21,23)(H,22,24). The number of amidine groups is 1. The summed E-state index contributed by atoms with van der Waals surface area (Å²) in [7, 11) is -2.01. The molecule has 0 atom stereocenters. The van der Waals surface area contributed by atoms with E-state index in [-0.39, 0.29) is 35.5 Å². The van der Waals surface area contributed by atoms with Gasteiger partial charge in [-0.3, -0.25) is 19.3 Å². The summed E-state index contributed by atoms with van der Waals surface area (Å²) in [6.45, 7) is 0.493. The second kappa shape index (κ2) is 8.22. The van der Waals surface area contributed by atoms with Crippen molar-refractivity contribution in [2.45, 2.75) is 17.9 Å². The Labute approximate surface area is 163 Å². The summed E-state index contributed by atoms with van der Waals surface area (Å²) in [6, 6.07) is 13.5. The van der Waals surface area contributed by atoms with Crippen molar-refractivity contribution in [3.05, 3.63) is 65.2 Å². The molecule has 1 aliphatic rings. The van der Waals surface area contributed by atoms with Crippen LogP contribution in [0.15, 0.2) is 58.4 Å². The lowest BCUT2D eigenvalue weighted by Gasteiger charge is -2.06. The van der Waals surface area contributed by atoms with Crippen LogP contribution in [0, 0.1) is 0 Å². The highest BCUT2D eigenvalue weighted by Crippen LogP contribution is 2.22. The third-order valence-corrected chi connectivity index (χ3v) is 5.60. The molecule has 2 aromatic rings. The van der Waals surface area contributed by atoms with E-state index in [1.54, 1.807) is 49.5 Å². The molecule has 146 valence electrons. The summed E-state index contributed by atoms with van der Waals surface area (Å²) < 4.78 is 26.4. The SMILES string of the molecule is CNC(=O)c1ccc(CNC(=O)CCN=C2NS(=O)(=O)c3ccccc32)cc1. The fraction of sp³-hybridized carbons (Fsp3) is 0.211. The number of fused-ring (bicyclic) bond motifs is 1. The quantitative estimate of drug-likeness (QED) is 0.665. The van der Waals surface area contributed by atoms with E-state index in [9.17, 15) is 18.0 Å². The number of hydrogen-bond acceptors (Lipinski definition) is 5. The first-order valence-electron chi connectivity index (χ1n) is 8.65. The van der Waals surface area contributed by atoms with Gasteiger partial charge in [-0.2, -0.15) is 0 Å². The number of aliphatic imine (C=N–C) groups is 1. The van der Waals surface area contributed by atoms with E-state index >= 15 is 0 Å². The Morgan fingerprint density at radius 1 is 1.07 bits per heavy atom. The van der Waals surface area contributed by atoms with Crippen molar-refractivity contribution in [1.82, 2.24) is 15.4 Å². The maximum atomic E-state index is 12.0. The minimum atomic E-state index is -3.57. The zero-order chi connectivity index (χ0) is 20.1. The Balaban J connectivity index is 1.52. The fourth-order valence-corrected chi connectivity index (χ4v) is 3.98. The highest BCUT2D eigenvalue weighted by atomic mass is 32.2. The summed E-state index contributed by atoms with van der Waals surface area (Å²) in [5.41, 5.74) is 1.93. The molecule has 28 heavy (non-hydrogen) atoms. The first kappa shape index (κ1) is 19.6. The van der Waals surface area contributed by atoms with E-state index in [0.29, 0.717) is 17.7 Å². The van der Waals surface area contributed by atoms with Gasteiger partial charge in [0, 0.05) is 31.1 Å². The maximum absolute atomic E-state index is 12.0. The monoisotopic (exact) mass is 400 g/mol. The third-order valence-electron chi connectivity index (χ3n) is 4.20. The number of rotatable bonds is 6. The minimum Gasteiger partial charge on any atom is -0.355 e. The molecule has 0 radical (unpaired) electrons. The van der Waals surface area contributed by atoms with Gasteiger partial charge in [0.15, 0.2) is 0 Å². The molecule has 0 saturated heterocycles. The van der Waals surface area contributed by atoms with Crippen molar-refractivity contribution in [3.8, 4) is 0 Å². The van der Waals surface area contributed by atoms with E-state index in [1.807, 2.05) is 0 Å². The van der Waals surface area contributed by atoms with Crippen LogP contribution in [-0.4, -0.2) is 39.7 Å². The van der Waals surface area contributed by atoms with Crippen molar-refractivity contribution in [2.24, 2.45) is 4.99 Å². The lowest BCUT2D eigenvalue weighted by Crippen LogP contribution is -2.25. The van der Waals surface area contributed by atoms with Gasteiger partial charge >= 0.3 is 0 Å². The highest BCUT2D eigenvalue weighted by Gasteiger charge is 2.29. The number of nitrogens with zero attached hydrogens (tertiary/aromatic N) is 1. The Morgan fingerprint density at radius 2 is 1.79 bits per heavy atom. The van der Waals surface area contributed by atoms with Gasteiger partial charge in [0.25, 0.3) is 15.9 Å². The molecule has 0 unspecified atom stereocenters. The molecule has 3 rings (SSSR count). The van der Waals surface area contributed by atoms with Crippen molar-refractivity contribution in [3.63, 3.8) is 0 Å². The number of amides is 2. The van der Waals surface area contributed by atoms with E-state index < -0.39 is 10.0 Å². The molecule has 0 bridgehead atoms. The Kier molecular flexibility index (Phi) is 5.74. The molecule has 0 spiro atoms. The highest BCUT2D eigenvalue weighted by molar-refractivity contribution is 7.90. The van der Waals surface area contributed by atoms with Gasteiger partial charge in [-0.15, -0.1) is 0 Å². The predicted octanol–water partition coefficient (Wildman–Crippen LogP) is 0.791. The minimum absolute atomic E-state index is 0.129. The number of carbonyl (C=O) groups excluding carboxylic acids is 2. The molecule has 2 aromatic carbocycles. The fourth-order valence-electron chi connectivity index (χ4n) is 2.73. The van der Waals surface area contributed by atoms with E-state index in [1.165, 1.54) is 6.07 Å². The average molecular weight is 400 g/mol. The second-order valence-corrected chi connectivity index (χ2v) is 7.79. The van der Waals surface area contributed by atoms with E-state index in [2.05, 4.69) is 20.3 Å². The van der Waals surface area contributed by atoms with Gasteiger partial charge in [0.05, 0.1) is 11.4 Å². The van der Waals surface area contributed by atoms with Crippen molar-refractivity contribution < 1.29 is 18.0 Å². The number of sulfonamides is 1. The molecule has 0 fully saturated rings. The van der Waals surface area contributed by atoms with Gasteiger partial charge in [0.1, 0.15) is 5.84 Å². The molecular formula is C19H20N4O4S. The lowest BCUT2D eigenvalue weighted by molar-refractivity contribution is -0.121. The van der Waals surface area contributed by atoms with Crippen LogP contribution < -0.4 is 15.4 Å². The molecule has 8 nitrogen and oxygen atoms in total. The van der Waals surface area contributed by atoms with Crippen LogP contribution in [0.3, 0.4) is 0 Å². The molecule has 0 saturated carbocycles. The number of nitrogens with one attached hydrogen (secondary N) is 3. The second-order valence-electron chi connectivity index (χ2n) is 6.13. The first-order chi connectivity index (χ1) is 13.4. The van der Waals surface area contributed by atoms with Crippen LogP contribution in [0.1, 0.15) is 27.9 Å². The average Bonchev–Trinajstić information content (AvgIpc) is 2.97. The summed E-state index contributed by atoms with van der Waals surface area (Å²) in [5, 5.41) is 5.32. The molecule has 3 N–H and O–H groups in total. The number of hydrogen-bond donors (Lipinski definition) is 3. The van der Waals surface area contributed by atoms with Gasteiger partial charge in [-0.1, -0.05) is 24.3 Å². The van der Waals surface area contributed by atoms with Crippen molar-refractivity contribution in [1.29, 1.82) is 0 Å². The first-order valence-corrected chi connectivity index (χ1v) is 10.1. The topological polar surface area (TPSA) is 117 Å². The van der Waals surface area contributed by atoms with Gasteiger partial charge in [-0.25, -0.2) is 8.42 Å². The lowest BCUT2D eigenvalue weighted by atomic mass is 10.1. The molecule has 0 aromatic heterocycles. The molecule has 1 heterocycles. The number of benzene rings is 2. The molecule has 1 aliphatic heterocycles. The van der Waals surface area contributed by atoms with Crippen molar-refractivity contribution >= 4 is 27.7 Å². The zero-order valence-electron chi connectivity index (χ0n) is 15.2. The zero-order valence-corrected chi connectivity index (χ0v) is 16.0. The molecule has 0 aliphatic carbocycles. The van der Waals surface area contributed by atoms with Crippen molar-refractivity contribution in [2.75, 3.05) is 13.6 Å². The van der Waals surface area contributed by atoms with Gasteiger partial charge < -0.3 is 10.6 Å². The smallest absolute Gasteiger partial charge is 0.263 e. The molecule has 9 heteroatoms. The Morgan fingerprint density at radius 3 is 2.50 bits per heavy atom. The molecular weight excluding hydrogens is 380 g/mol. The summed E-state index contributed by atoms with van der Waals surface area (Å²) >= 11 is 0. The Bertz CT molecular complexity index is 1030. The summed E-state index contributed by atoms with van der Waals surface area (Å²) in [6.07, 6.45) is 0.129. The normalized spacial score (nSPS) is 15.5. The van der Waals surface area contributed by atoms with E-state index in [4.69, 9.17) is 0 Å². The maximum Gasteiger partial charge on any atom is 0.263 e. The summed E-state index contributed by atoms with van der Waals surface area (Å²) in [4.78, 5) is 27.9. The van der Waals surface area contributed by atoms with E-state index in [0.717, 1.165) is 5.56 Å².